The Kier molecular flexibility index (Phi) is 4.88. The van der Waals surface area contributed by atoms with Gasteiger partial charge in [-0.05, 0) is 44.4 Å². The average Bonchev–Trinajstić information content (AvgIpc) is 2.26. The van der Waals surface area contributed by atoms with E-state index in [9.17, 15) is 4.79 Å². The number of aliphatic hydroxyl groups excluding tert-OH is 1. The first kappa shape index (κ1) is 12.3. The fraction of sp³-hybridized carbons (Fsp3) is 0.909. The Labute approximate surface area is 90.9 Å². The summed E-state index contributed by atoms with van der Waals surface area (Å²) in [5, 5.41) is 17.6. The van der Waals surface area contributed by atoms with Crippen LogP contribution in [0.3, 0.4) is 0 Å². The minimum absolute atomic E-state index is 0.202. The largest absolute Gasteiger partial charge is 0.465 e. The van der Waals surface area contributed by atoms with E-state index in [1.165, 1.54) is 4.90 Å². The monoisotopic (exact) mass is 215 g/mol. The van der Waals surface area contributed by atoms with E-state index < -0.39 is 6.09 Å². The van der Waals surface area contributed by atoms with E-state index in [2.05, 4.69) is 0 Å². The van der Waals surface area contributed by atoms with Gasteiger partial charge in [0.15, 0.2) is 0 Å². The van der Waals surface area contributed by atoms with Crippen LogP contribution in [0.4, 0.5) is 4.79 Å². The van der Waals surface area contributed by atoms with Crippen molar-refractivity contribution in [1.29, 1.82) is 0 Å². The first-order chi connectivity index (χ1) is 7.15. The second-order valence-corrected chi connectivity index (χ2v) is 4.43. The van der Waals surface area contributed by atoms with Crippen LogP contribution in [0.25, 0.3) is 0 Å². The summed E-state index contributed by atoms with van der Waals surface area (Å²) < 4.78 is 0. The summed E-state index contributed by atoms with van der Waals surface area (Å²) >= 11 is 0. The molecule has 15 heavy (non-hydrogen) atoms. The Balaban J connectivity index is 2.26. The summed E-state index contributed by atoms with van der Waals surface area (Å²) in [4.78, 5) is 12.2. The van der Waals surface area contributed by atoms with Gasteiger partial charge in [-0.1, -0.05) is 0 Å². The van der Waals surface area contributed by atoms with Gasteiger partial charge in [0.25, 0.3) is 0 Å². The fourth-order valence-electron chi connectivity index (χ4n) is 2.36. The van der Waals surface area contributed by atoms with E-state index in [-0.39, 0.29) is 12.6 Å². The van der Waals surface area contributed by atoms with Crippen LogP contribution in [0.1, 0.15) is 38.5 Å². The van der Waals surface area contributed by atoms with E-state index >= 15 is 0 Å². The molecule has 0 heterocycles. The lowest BCUT2D eigenvalue weighted by molar-refractivity contribution is 0.117. The lowest BCUT2D eigenvalue weighted by Crippen LogP contribution is -2.38. The topological polar surface area (TPSA) is 60.8 Å². The zero-order chi connectivity index (χ0) is 11.3. The number of carboxylic acid groups (broad SMARTS) is 1. The van der Waals surface area contributed by atoms with Crippen LogP contribution < -0.4 is 0 Å². The Hall–Kier alpha value is -0.770. The van der Waals surface area contributed by atoms with Crippen molar-refractivity contribution < 1.29 is 15.0 Å². The molecule has 1 rings (SSSR count). The maximum Gasteiger partial charge on any atom is 0.407 e. The normalized spacial score (nSPS) is 26.3. The standard InChI is InChI=1S/C11H21NO3/c1-12(11(14)15)10-6-4-9(5-7-10)3-2-8-13/h9-10,13H,2-8H2,1H3,(H,14,15)/t9-,10-. The molecule has 0 bridgehead atoms. The summed E-state index contributed by atoms with van der Waals surface area (Å²) in [6.45, 7) is 0.273. The highest BCUT2D eigenvalue weighted by atomic mass is 16.4. The van der Waals surface area contributed by atoms with E-state index in [0.29, 0.717) is 5.92 Å². The van der Waals surface area contributed by atoms with Crippen LogP contribution in [0.2, 0.25) is 0 Å². The quantitative estimate of drug-likeness (QED) is 0.753. The lowest BCUT2D eigenvalue weighted by Gasteiger charge is -2.33. The van der Waals surface area contributed by atoms with Gasteiger partial charge in [-0.2, -0.15) is 0 Å². The van der Waals surface area contributed by atoms with E-state index in [1.807, 2.05) is 0 Å². The van der Waals surface area contributed by atoms with Crippen LogP contribution in [0, 0.1) is 5.92 Å². The molecule has 0 atom stereocenters. The number of hydrogen-bond acceptors (Lipinski definition) is 2. The van der Waals surface area contributed by atoms with Gasteiger partial charge in [0.1, 0.15) is 0 Å². The highest BCUT2D eigenvalue weighted by Gasteiger charge is 2.25. The molecule has 88 valence electrons. The molecule has 0 radical (unpaired) electrons. The van der Waals surface area contributed by atoms with Crippen LogP contribution in [0.15, 0.2) is 0 Å². The van der Waals surface area contributed by atoms with Gasteiger partial charge in [0, 0.05) is 19.7 Å². The van der Waals surface area contributed by atoms with Gasteiger partial charge in [-0.15, -0.1) is 0 Å². The predicted molar refractivity (Wildman–Crippen MR) is 57.9 cm³/mol. The molecule has 2 N–H and O–H groups in total. The number of amides is 1. The van der Waals surface area contributed by atoms with Crippen molar-refractivity contribution in [2.75, 3.05) is 13.7 Å². The predicted octanol–water partition coefficient (Wildman–Crippen LogP) is 1.93. The molecular formula is C11H21NO3. The molecule has 4 nitrogen and oxygen atoms in total. The molecular weight excluding hydrogens is 194 g/mol. The van der Waals surface area contributed by atoms with E-state index in [1.54, 1.807) is 7.05 Å². The minimum Gasteiger partial charge on any atom is -0.465 e. The second-order valence-electron chi connectivity index (χ2n) is 4.43. The van der Waals surface area contributed by atoms with E-state index in [4.69, 9.17) is 10.2 Å². The van der Waals surface area contributed by atoms with Crippen LogP contribution >= 0.6 is 0 Å². The van der Waals surface area contributed by atoms with Gasteiger partial charge in [-0.25, -0.2) is 4.79 Å². The van der Waals surface area contributed by atoms with Crippen molar-refractivity contribution in [3.05, 3.63) is 0 Å². The third kappa shape index (κ3) is 3.70. The van der Waals surface area contributed by atoms with E-state index in [0.717, 1.165) is 38.5 Å². The first-order valence-electron chi connectivity index (χ1n) is 5.71. The SMILES string of the molecule is CN(C(=O)O)[C@H]1CC[C@H](CCCO)CC1. The van der Waals surface area contributed by atoms with Gasteiger partial charge in [0.05, 0.1) is 0 Å². The Morgan fingerprint density at radius 3 is 2.40 bits per heavy atom. The smallest absolute Gasteiger partial charge is 0.407 e. The van der Waals surface area contributed by atoms with Crippen molar-refractivity contribution in [3.8, 4) is 0 Å². The summed E-state index contributed by atoms with van der Waals surface area (Å²) in [5.74, 6) is 0.690. The summed E-state index contributed by atoms with van der Waals surface area (Å²) in [6, 6.07) is 0.202. The van der Waals surface area contributed by atoms with Crippen molar-refractivity contribution in [2.45, 2.75) is 44.6 Å². The molecule has 1 aliphatic carbocycles. The molecule has 0 saturated heterocycles. The zero-order valence-electron chi connectivity index (χ0n) is 9.35. The van der Waals surface area contributed by atoms with Crippen molar-refractivity contribution in [2.24, 2.45) is 5.92 Å². The number of rotatable bonds is 4. The molecule has 1 amide bonds. The molecule has 4 heteroatoms. The van der Waals surface area contributed by atoms with Gasteiger partial charge in [0.2, 0.25) is 0 Å². The van der Waals surface area contributed by atoms with Crippen molar-refractivity contribution in [3.63, 3.8) is 0 Å². The number of hydrogen-bond donors (Lipinski definition) is 2. The lowest BCUT2D eigenvalue weighted by atomic mass is 9.83. The summed E-state index contributed by atoms with van der Waals surface area (Å²) in [6.07, 6.45) is 5.28. The van der Waals surface area contributed by atoms with Crippen molar-refractivity contribution >= 4 is 6.09 Å². The average molecular weight is 215 g/mol. The first-order valence-corrected chi connectivity index (χ1v) is 5.71. The number of carbonyl (C=O) groups is 1. The zero-order valence-corrected chi connectivity index (χ0v) is 9.35. The molecule has 0 aromatic rings. The Morgan fingerprint density at radius 1 is 1.33 bits per heavy atom. The number of aliphatic hydroxyl groups is 1. The molecule has 0 spiro atoms. The molecule has 0 aliphatic heterocycles. The second kappa shape index (κ2) is 5.95. The summed E-state index contributed by atoms with van der Waals surface area (Å²) in [7, 11) is 1.65. The minimum atomic E-state index is -0.825. The molecule has 0 aromatic carbocycles. The third-order valence-electron chi connectivity index (χ3n) is 3.44. The number of nitrogens with zero attached hydrogens (tertiary/aromatic N) is 1. The van der Waals surface area contributed by atoms with Crippen LogP contribution in [-0.2, 0) is 0 Å². The van der Waals surface area contributed by atoms with Crippen molar-refractivity contribution in [1.82, 2.24) is 4.90 Å². The van der Waals surface area contributed by atoms with Crippen LogP contribution in [-0.4, -0.2) is 40.9 Å². The molecule has 0 aromatic heterocycles. The van der Waals surface area contributed by atoms with Gasteiger partial charge < -0.3 is 15.1 Å². The molecule has 1 saturated carbocycles. The fourth-order valence-corrected chi connectivity index (χ4v) is 2.36. The molecule has 1 aliphatic rings. The maximum absolute atomic E-state index is 10.7. The van der Waals surface area contributed by atoms with Gasteiger partial charge >= 0.3 is 6.09 Å². The Bertz CT molecular complexity index is 200. The molecule has 0 unspecified atom stereocenters. The third-order valence-corrected chi connectivity index (χ3v) is 3.44. The maximum atomic E-state index is 10.7. The van der Waals surface area contributed by atoms with Crippen LogP contribution in [0.5, 0.6) is 0 Å². The summed E-state index contributed by atoms with van der Waals surface area (Å²) in [5.41, 5.74) is 0. The Morgan fingerprint density at radius 2 is 1.93 bits per heavy atom. The highest BCUT2D eigenvalue weighted by molar-refractivity contribution is 5.64. The van der Waals surface area contributed by atoms with Gasteiger partial charge in [-0.3, -0.25) is 0 Å². The molecule has 1 fully saturated rings. The highest BCUT2D eigenvalue weighted by Crippen LogP contribution is 2.29.